The SMILES string of the molecule is COc1c(C)cccc1C(=O)NC(=S)Nc1ccc([N+](=O)[O-])cc1C. The molecule has 8 heteroatoms. The number of nitro groups is 1. The minimum absolute atomic E-state index is 0.0116. The molecule has 0 atom stereocenters. The van der Waals surface area contributed by atoms with Gasteiger partial charge in [-0.1, -0.05) is 12.1 Å². The van der Waals surface area contributed by atoms with Crippen LogP contribution in [0.2, 0.25) is 0 Å². The summed E-state index contributed by atoms with van der Waals surface area (Å²) < 4.78 is 5.26. The summed E-state index contributed by atoms with van der Waals surface area (Å²) in [4.78, 5) is 22.7. The summed E-state index contributed by atoms with van der Waals surface area (Å²) >= 11 is 5.15. The molecule has 0 heterocycles. The van der Waals surface area contributed by atoms with Gasteiger partial charge in [-0.15, -0.1) is 0 Å². The van der Waals surface area contributed by atoms with Gasteiger partial charge in [0.05, 0.1) is 17.6 Å². The fourth-order valence-electron chi connectivity index (χ4n) is 2.33. The maximum absolute atomic E-state index is 12.4. The van der Waals surface area contributed by atoms with Gasteiger partial charge in [0.25, 0.3) is 11.6 Å². The molecule has 0 bridgehead atoms. The zero-order valence-electron chi connectivity index (χ0n) is 14.0. The zero-order chi connectivity index (χ0) is 18.6. The molecular weight excluding hydrogens is 342 g/mol. The third-order valence-electron chi connectivity index (χ3n) is 3.56. The van der Waals surface area contributed by atoms with E-state index in [9.17, 15) is 14.9 Å². The number of nitrogens with one attached hydrogen (secondary N) is 2. The Kier molecular flexibility index (Phi) is 5.66. The van der Waals surface area contributed by atoms with Crippen molar-refractivity contribution in [1.82, 2.24) is 5.32 Å². The third kappa shape index (κ3) is 4.30. The Morgan fingerprint density at radius 3 is 2.52 bits per heavy atom. The molecule has 0 unspecified atom stereocenters. The van der Waals surface area contributed by atoms with E-state index in [0.29, 0.717) is 22.6 Å². The lowest BCUT2D eigenvalue weighted by Crippen LogP contribution is -2.34. The van der Waals surface area contributed by atoms with E-state index < -0.39 is 10.8 Å². The molecule has 0 aliphatic rings. The molecule has 2 aromatic rings. The van der Waals surface area contributed by atoms with Crippen LogP contribution in [0.25, 0.3) is 0 Å². The predicted molar refractivity (Wildman–Crippen MR) is 99.3 cm³/mol. The molecule has 0 aliphatic carbocycles. The van der Waals surface area contributed by atoms with Gasteiger partial charge in [0.2, 0.25) is 0 Å². The van der Waals surface area contributed by atoms with Crippen LogP contribution in [0.4, 0.5) is 11.4 Å². The minimum Gasteiger partial charge on any atom is -0.496 e. The second kappa shape index (κ2) is 7.71. The van der Waals surface area contributed by atoms with Crippen LogP contribution in [0.1, 0.15) is 21.5 Å². The second-order valence-electron chi connectivity index (χ2n) is 5.32. The molecule has 2 N–H and O–H groups in total. The number of anilines is 1. The Balaban J connectivity index is 2.12. The first-order chi connectivity index (χ1) is 11.8. The van der Waals surface area contributed by atoms with E-state index in [1.54, 1.807) is 25.1 Å². The van der Waals surface area contributed by atoms with Crippen molar-refractivity contribution in [2.24, 2.45) is 0 Å². The highest BCUT2D eigenvalue weighted by Crippen LogP contribution is 2.23. The summed E-state index contributed by atoms with van der Waals surface area (Å²) in [6.07, 6.45) is 0. The lowest BCUT2D eigenvalue weighted by atomic mass is 10.1. The number of hydrogen-bond acceptors (Lipinski definition) is 5. The number of rotatable bonds is 4. The fraction of sp³-hybridized carbons (Fsp3) is 0.176. The van der Waals surface area contributed by atoms with Gasteiger partial charge in [0, 0.05) is 17.8 Å². The predicted octanol–water partition coefficient (Wildman–Crippen LogP) is 3.35. The average Bonchev–Trinajstić information content (AvgIpc) is 2.56. The number of methoxy groups -OCH3 is 1. The quantitative estimate of drug-likeness (QED) is 0.494. The topological polar surface area (TPSA) is 93.5 Å². The molecule has 130 valence electrons. The van der Waals surface area contributed by atoms with Gasteiger partial charge >= 0.3 is 0 Å². The van der Waals surface area contributed by atoms with E-state index in [1.807, 2.05) is 13.0 Å². The fourth-order valence-corrected chi connectivity index (χ4v) is 2.53. The number of ether oxygens (including phenoxy) is 1. The molecule has 0 aromatic heterocycles. The van der Waals surface area contributed by atoms with Crippen molar-refractivity contribution in [2.75, 3.05) is 12.4 Å². The molecule has 2 rings (SSSR count). The molecule has 2 aromatic carbocycles. The van der Waals surface area contributed by atoms with Crippen molar-refractivity contribution in [3.8, 4) is 5.75 Å². The van der Waals surface area contributed by atoms with Gasteiger partial charge in [-0.3, -0.25) is 20.2 Å². The highest BCUT2D eigenvalue weighted by molar-refractivity contribution is 7.80. The lowest BCUT2D eigenvalue weighted by molar-refractivity contribution is -0.384. The Hall–Kier alpha value is -3.00. The molecule has 0 spiro atoms. The van der Waals surface area contributed by atoms with Crippen molar-refractivity contribution >= 4 is 34.6 Å². The number of benzene rings is 2. The average molecular weight is 359 g/mol. The Bertz CT molecular complexity index is 852. The summed E-state index contributed by atoms with van der Waals surface area (Å²) in [7, 11) is 1.50. The number of aryl methyl sites for hydroxylation is 2. The second-order valence-corrected chi connectivity index (χ2v) is 5.73. The van der Waals surface area contributed by atoms with E-state index in [1.165, 1.54) is 19.2 Å². The van der Waals surface area contributed by atoms with Gasteiger partial charge in [0.1, 0.15) is 5.75 Å². The lowest BCUT2D eigenvalue weighted by Gasteiger charge is -2.14. The van der Waals surface area contributed by atoms with E-state index in [0.717, 1.165) is 5.56 Å². The standard InChI is InChI=1S/C17H17N3O4S/c1-10-5-4-6-13(15(10)24-3)16(21)19-17(25)18-14-8-7-12(20(22)23)9-11(14)2/h4-9H,1-3H3,(H2,18,19,21,25). The van der Waals surface area contributed by atoms with E-state index >= 15 is 0 Å². The first-order valence-corrected chi connectivity index (χ1v) is 7.75. The molecule has 0 aliphatic heterocycles. The Morgan fingerprint density at radius 1 is 1.20 bits per heavy atom. The van der Waals surface area contributed by atoms with E-state index in [4.69, 9.17) is 17.0 Å². The maximum atomic E-state index is 12.4. The van der Waals surface area contributed by atoms with Crippen LogP contribution in [0, 0.1) is 24.0 Å². The Morgan fingerprint density at radius 2 is 1.92 bits per heavy atom. The van der Waals surface area contributed by atoms with Crippen LogP contribution in [0.15, 0.2) is 36.4 Å². The number of nitro benzene ring substituents is 1. The van der Waals surface area contributed by atoms with Gasteiger partial charge in [-0.05, 0) is 49.3 Å². The van der Waals surface area contributed by atoms with Gasteiger partial charge in [-0.2, -0.15) is 0 Å². The first kappa shape index (κ1) is 18.3. The minimum atomic E-state index is -0.471. The van der Waals surface area contributed by atoms with Gasteiger partial charge in [0.15, 0.2) is 5.11 Å². The van der Waals surface area contributed by atoms with Crippen molar-refractivity contribution in [3.05, 3.63) is 63.2 Å². The summed E-state index contributed by atoms with van der Waals surface area (Å²) in [5.41, 5.74) is 2.40. The molecule has 0 radical (unpaired) electrons. The summed E-state index contributed by atoms with van der Waals surface area (Å²) in [6.45, 7) is 3.55. The monoisotopic (exact) mass is 359 g/mol. The molecule has 1 amide bonds. The number of carbonyl (C=O) groups is 1. The highest BCUT2D eigenvalue weighted by atomic mass is 32.1. The largest absolute Gasteiger partial charge is 0.496 e. The van der Waals surface area contributed by atoms with Gasteiger partial charge in [-0.25, -0.2) is 0 Å². The number of nitrogens with zero attached hydrogens (tertiary/aromatic N) is 1. The number of hydrogen-bond donors (Lipinski definition) is 2. The van der Waals surface area contributed by atoms with Gasteiger partial charge < -0.3 is 10.1 Å². The summed E-state index contributed by atoms with van der Waals surface area (Å²) in [6, 6.07) is 9.57. The van der Waals surface area contributed by atoms with Crippen molar-refractivity contribution in [3.63, 3.8) is 0 Å². The normalized spacial score (nSPS) is 10.0. The first-order valence-electron chi connectivity index (χ1n) is 7.34. The maximum Gasteiger partial charge on any atom is 0.269 e. The van der Waals surface area contributed by atoms with E-state index in [-0.39, 0.29) is 10.8 Å². The van der Waals surface area contributed by atoms with Crippen molar-refractivity contribution < 1.29 is 14.5 Å². The van der Waals surface area contributed by atoms with Crippen molar-refractivity contribution in [2.45, 2.75) is 13.8 Å². The summed E-state index contributed by atoms with van der Waals surface area (Å²) in [5, 5.41) is 16.3. The number of carbonyl (C=O) groups excluding carboxylic acids is 1. The zero-order valence-corrected chi connectivity index (χ0v) is 14.8. The van der Waals surface area contributed by atoms with Crippen LogP contribution in [-0.2, 0) is 0 Å². The number of non-ortho nitro benzene ring substituents is 1. The smallest absolute Gasteiger partial charge is 0.269 e. The third-order valence-corrected chi connectivity index (χ3v) is 3.76. The van der Waals surface area contributed by atoms with Crippen molar-refractivity contribution in [1.29, 1.82) is 0 Å². The number of para-hydroxylation sites is 1. The van der Waals surface area contributed by atoms with E-state index in [2.05, 4.69) is 10.6 Å². The molecule has 7 nitrogen and oxygen atoms in total. The van der Waals surface area contributed by atoms with Crippen LogP contribution in [0.5, 0.6) is 5.75 Å². The van der Waals surface area contributed by atoms with Crippen LogP contribution < -0.4 is 15.4 Å². The highest BCUT2D eigenvalue weighted by Gasteiger charge is 2.16. The number of thiocarbonyl (C=S) groups is 1. The molecule has 0 saturated carbocycles. The van der Waals surface area contributed by atoms with Crippen LogP contribution >= 0.6 is 12.2 Å². The molecule has 0 saturated heterocycles. The van der Waals surface area contributed by atoms with Crippen LogP contribution in [-0.4, -0.2) is 23.1 Å². The molecule has 0 fully saturated rings. The summed E-state index contributed by atoms with van der Waals surface area (Å²) in [5.74, 6) is 0.0759. The molecular formula is C17H17N3O4S. The molecule has 25 heavy (non-hydrogen) atoms. The van der Waals surface area contributed by atoms with Crippen LogP contribution in [0.3, 0.4) is 0 Å². The number of amides is 1. The Labute approximate surface area is 150 Å².